The topological polar surface area (TPSA) is 24.9 Å². The average Bonchev–Trinajstić information content (AvgIpc) is 3.05. The molecule has 0 atom stereocenters. The fourth-order valence-electron chi connectivity index (χ4n) is 1.73. The summed E-state index contributed by atoms with van der Waals surface area (Å²) in [5.41, 5.74) is 0.926. The van der Waals surface area contributed by atoms with Gasteiger partial charge in [-0.3, -0.25) is 0 Å². The van der Waals surface area contributed by atoms with E-state index in [1.807, 2.05) is 0 Å². The Morgan fingerprint density at radius 3 is 2.89 bits per heavy atom. The highest BCUT2D eigenvalue weighted by Crippen LogP contribution is 2.26. The zero-order valence-electron chi connectivity index (χ0n) is 9.62. The van der Waals surface area contributed by atoms with Gasteiger partial charge in [0.05, 0.1) is 5.69 Å². The van der Waals surface area contributed by atoms with Gasteiger partial charge in [0.15, 0.2) is 0 Å². The minimum Gasteiger partial charge on any atom is -0.308 e. The SMILES string of the molecule is Fc1ccc(-c2csc(CNC3CC3)n2)c(F)c1. The number of nitrogens with zero attached hydrogens (tertiary/aromatic N) is 1. The molecular weight excluding hydrogens is 254 g/mol. The maximum atomic E-state index is 13.6. The van der Waals surface area contributed by atoms with Crippen molar-refractivity contribution in [2.75, 3.05) is 0 Å². The van der Waals surface area contributed by atoms with E-state index in [0.717, 1.165) is 17.6 Å². The van der Waals surface area contributed by atoms with E-state index in [9.17, 15) is 8.78 Å². The van der Waals surface area contributed by atoms with Gasteiger partial charge in [-0.1, -0.05) is 0 Å². The first-order valence-electron chi connectivity index (χ1n) is 5.85. The number of benzene rings is 1. The van der Waals surface area contributed by atoms with Crippen molar-refractivity contribution in [3.05, 3.63) is 40.2 Å². The van der Waals surface area contributed by atoms with Crippen LogP contribution in [0.3, 0.4) is 0 Å². The molecule has 0 amide bonds. The molecule has 1 aromatic carbocycles. The molecule has 1 aliphatic rings. The van der Waals surface area contributed by atoms with Crippen molar-refractivity contribution in [1.29, 1.82) is 0 Å². The molecule has 0 bridgehead atoms. The lowest BCUT2D eigenvalue weighted by Gasteiger charge is -2.00. The summed E-state index contributed by atoms with van der Waals surface area (Å²) in [6.45, 7) is 0.720. The molecule has 5 heteroatoms. The van der Waals surface area contributed by atoms with Crippen LogP contribution in [0.5, 0.6) is 0 Å². The molecule has 94 valence electrons. The van der Waals surface area contributed by atoms with Gasteiger partial charge in [-0.15, -0.1) is 11.3 Å². The predicted octanol–water partition coefficient (Wildman–Crippen LogP) is 3.34. The molecule has 0 unspecified atom stereocenters. The maximum Gasteiger partial charge on any atom is 0.135 e. The van der Waals surface area contributed by atoms with E-state index >= 15 is 0 Å². The first-order chi connectivity index (χ1) is 8.72. The number of aromatic nitrogens is 1. The van der Waals surface area contributed by atoms with Crippen LogP contribution in [-0.4, -0.2) is 11.0 Å². The van der Waals surface area contributed by atoms with Crippen molar-refractivity contribution in [1.82, 2.24) is 10.3 Å². The third kappa shape index (κ3) is 2.57. The van der Waals surface area contributed by atoms with Crippen molar-refractivity contribution in [3.8, 4) is 11.3 Å². The van der Waals surface area contributed by atoms with E-state index in [4.69, 9.17) is 0 Å². The minimum absolute atomic E-state index is 0.352. The Hall–Kier alpha value is -1.33. The van der Waals surface area contributed by atoms with Crippen molar-refractivity contribution < 1.29 is 8.78 Å². The van der Waals surface area contributed by atoms with Crippen LogP contribution in [0, 0.1) is 11.6 Å². The summed E-state index contributed by atoms with van der Waals surface area (Å²) in [6.07, 6.45) is 2.45. The molecule has 3 rings (SSSR count). The molecule has 1 fully saturated rings. The molecular formula is C13H12F2N2S. The predicted molar refractivity (Wildman–Crippen MR) is 67.3 cm³/mol. The van der Waals surface area contributed by atoms with Gasteiger partial charge in [0.2, 0.25) is 0 Å². The zero-order valence-corrected chi connectivity index (χ0v) is 10.4. The van der Waals surface area contributed by atoms with E-state index in [0.29, 0.717) is 17.3 Å². The number of hydrogen-bond donors (Lipinski definition) is 1. The van der Waals surface area contributed by atoms with Crippen LogP contribution in [0.1, 0.15) is 17.8 Å². The molecule has 0 radical (unpaired) electrons. The van der Waals surface area contributed by atoms with Gasteiger partial charge in [0, 0.05) is 29.6 Å². The second-order valence-corrected chi connectivity index (χ2v) is 5.35. The summed E-state index contributed by atoms with van der Waals surface area (Å²) in [7, 11) is 0. The van der Waals surface area contributed by atoms with Gasteiger partial charge >= 0.3 is 0 Å². The average molecular weight is 266 g/mol. The van der Waals surface area contributed by atoms with Crippen LogP contribution >= 0.6 is 11.3 Å². The zero-order chi connectivity index (χ0) is 12.5. The summed E-state index contributed by atoms with van der Waals surface area (Å²) < 4.78 is 26.4. The largest absolute Gasteiger partial charge is 0.308 e. The third-order valence-corrected chi connectivity index (χ3v) is 3.73. The summed E-state index contributed by atoms with van der Waals surface area (Å²) in [6, 6.07) is 4.19. The smallest absolute Gasteiger partial charge is 0.135 e. The maximum absolute atomic E-state index is 13.6. The number of halogens is 2. The summed E-state index contributed by atoms with van der Waals surface area (Å²) in [5, 5.41) is 6.09. The lowest BCUT2D eigenvalue weighted by atomic mass is 10.1. The Bertz CT molecular complexity index is 564. The Morgan fingerprint density at radius 1 is 1.33 bits per heavy atom. The normalized spacial score (nSPS) is 15.0. The second-order valence-electron chi connectivity index (χ2n) is 4.41. The van der Waals surface area contributed by atoms with E-state index < -0.39 is 11.6 Å². The standard InChI is InChI=1S/C13H12F2N2S/c14-8-1-4-10(11(15)5-8)12-7-18-13(17-12)6-16-9-2-3-9/h1,4-5,7,9,16H,2-3,6H2. The first-order valence-corrected chi connectivity index (χ1v) is 6.73. The van der Waals surface area contributed by atoms with Crippen molar-refractivity contribution in [2.24, 2.45) is 0 Å². The second kappa shape index (κ2) is 4.74. The van der Waals surface area contributed by atoms with Crippen LogP contribution in [-0.2, 0) is 6.54 Å². The Balaban J connectivity index is 1.78. The minimum atomic E-state index is -0.568. The molecule has 0 spiro atoms. The van der Waals surface area contributed by atoms with E-state index in [1.165, 1.54) is 36.3 Å². The van der Waals surface area contributed by atoms with E-state index in [-0.39, 0.29) is 0 Å². The van der Waals surface area contributed by atoms with Crippen molar-refractivity contribution in [3.63, 3.8) is 0 Å². The molecule has 1 heterocycles. The van der Waals surface area contributed by atoms with Gasteiger partial charge in [-0.05, 0) is 25.0 Å². The van der Waals surface area contributed by atoms with E-state index in [2.05, 4.69) is 10.3 Å². The molecule has 1 N–H and O–H groups in total. The number of rotatable bonds is 4. The van der Waals surface area contributed by atoms with Crippen LogP contribution in [0.2, 0.25) is 0 Å². The van der Waals surface area contributed by atoms with E-state index in [1.54, 1.807) is 5.38 Å². The highest BCUT2D eigenvalue weighted by atomic mass is 32.1. The summed E-state index contributed by atoms with van der Waals surface area (Å²) >= 11 is 1.49. The lowest BCUT2D eigenvalue weighted by Crippen LogP contribution is -2.14. The molecule has 1 aromatic heterocycles. The highest BCUT2D eigenvalue weighted by Gasteiger charge is 2.20. The highest BCUT2D eigenvalue weighted by molar-refractivity contribution is 7.09. The quantitative estimate of drug-likeness (QED) is 0.918. The number of thiazole rings is 1. The summed E-state index contributed by atoms with van der Waals surface area (Å²) in [5.74, 6) is -1.14. The van der Waals surface area contributed by atoms with Gasteiger partial charge in [-0.2, -0.15) is 0 Å². The number of hydrogen-bond acceptors (Lipinski definition) is 3. The molecule has 18 heavy (non-hydrogen) atoms. The van der Waals surface area contributed by atoms with Gasteiger partial charge in [0.25, 0.3) is 0 Å². The first kappa shape index (κ1) is 11.7. The fourth-order valence-corrected chi connectivity index (χ4v) is 2.48. The van der Waals surface area contributed by atoms with Crippen LogP contribution in [0.15, 0.2) is 23.6 Å². The molecule has 1 saturated carbocycles. The van der Waals surface area contributed by atoms with Crippen LogP contribution in [0.4, 0.5) is 8.78 Å². The third-order valence-electron chi connectivity index (χ3n) is 2.88. The summed E-state index contributed by atoms with van der Waals surface area (Å²) in [4.78, 5) is 4.36. The van der Waals surface area contributed by atoms with Gasteiger partial charge < -0.3 is 5.32 Å². The van der Waals surface area contributed by atoms with Crippen molar-refractivity contribution in [2.45, 2.75) is 25.4 Å². The number of nitrogens with one attached hydrogen (secondary N) is 1. The van der Waals surface area contributed by atoms with Crippen LogP contribution < -0.4 is 5.32 Å². The monoisotopic (exact) mass is 266 g/mol. The molecule has 0 aliphatic heterocycles. The van der Waals surface area contributed by atoms with Crippen molar-refractivity contribution >= 4 is 11.3 Å². The molecule has 2 aromatic rings. The van der Waals surface area contributed by atoms with Crippen LogP contribution in [0.25, 0.3) is 11.3 Å². The van der Waals surface area contributed by atoms with Gasteiger partial charge in [0.1, 0.15) is 16.6 Å². The van der Waals surface area contributed by atoms with Gasteiger partial charge in [-0.25, -0.2) is 13.8 Å². The molecule has 1 aliphatic carbocycles. The fraction of sp³-hybridized carbons (Fsp3) is 0.308. The Kier molecular flexibility index (Phi) is 3.09. The lowest BCUT2D eigenvalue weighted by molar-refractivity contribution is 0.585. The Labute approximate surface area is 108 Å². The molecule has 0 saturated heterocycles. The Morgan fingerprint density at radius 2 is 2.17 bits per heavy atom. The molecule has 2 nitrogen and oxygen atoms in total.